The number of rotatable bonds is 20. The van der Waals surface area contributed by atoms with Gasteiger partial charge in [-0.05, 0) is 106 Å². The molecule has 9 rings (SSSR count). The third kappa shape index (κ3) is 13.0. The van der Waals surface area contributed by atoms with Crippen molar-refractivity contribution in [2.24, 2.45) is 45.3 Å². The summed E-state index contributed by atoms with van der Waals surface area (Å²) in [5.74, 6) is 0.142. The standard InChI is InChI=1S/C61H104O28/c1-10-28-37(66)45(74)51(89-55-49(78)50(41(70)31(22-64)84-55)88-54-48(77)43(72)39(68)30(21-63)83-54)56(81-28)87-36(58(5,6)79)15-11-24(2)25-17-18-59(7)33-14-12-26-27(61(33,9)34(65)19-60(25,59)8)13-16-35(57(26,3)4)86-53-47(76)44(73)40(69)32(85-53)23-80-52-46(75)42(71)38(67)29(20-62)82-52/h12,24-25,27-56,62-79H,10-11,13-23H2,1-9H3/t24-,25?,27?,28-,29-,30-,31-,32-,33?,34-,35+,36-,37-,38-,39-,40-,41-,42+,43+,44+,45+,46-,47-,48-,49-,50+,51-,52-,53+,54+,55+,56+,59+,60-,61+/m1/s1. The zero-order valence-corrected chi connectivity index (χ0v) is 52.4. The molecule has 8 fully saturated rings. The van der Waals surface area contributed by atoms with Crippen molar-refractivity contribution in [3.05, 3.63) is 11.6 Å². The summed E-state index contributed by atoms with van der Waals surface area (Å²) in [5, 5.41) is 196. The maximum absolute atomic E-state index is 12.8. The molecule has 0 aromatic heterocycles. The van der Waals surface area contributed by atoms with E-state index >= 15 is 0 Å². The van der Waals surface area contributed by atoms with E-state index in [-0.39, 0.29) is 47.3 Å². The number of aliphatic hydroxyl groups is 18. The summed E-state index contributed by atoms with van der Waals surface area (Å²) in [6.45, 7) is 15.2. The van der Waals surface area contributed by atoms with E-state index < -0.39 is 215 Å². The van der Waals surface area contributed by atoms with Gasteiger partial charge in [0, 0.05) is 10.8 Å². The first kappa shape index (κ1) is 71.9. The molecule has 89 heavy (non-hydrogen) atoms. The van der Waals surface area contributed by atoms with Crippen molar-refractivity contribution in [2.45, 2.75) is 298 Å². The molecule has 5 heterocycles. The number of hydrogen-bond acceptors (Lipinski definition) is 28. The number of ether oxygens (including phenoxy) is 10. The quantitative estimate of drug-likeness (QED) is 0.0517. The Morgan fingerprint density at radius 2 is 1.03 bits per heavy atom. The first-order valence-electron chi connectivity index (χ1n) is 32.0. The van der Waals surface area contributed by atoms with Gasteiger partial charge in [0.1, 0.15) is 116 Å². The third-order valence-electron chi connectivity index (χ3n) is 23.1. The van der Waals surface area contributed by atoms with Crippen molar-refractivity contribution in [1.29, 1.82) is 0 Å². The largest absolute Gasteiger partial charge is 0.394 e. The Bertz CT molecular complexity index is 2350. The van der Waals surface area contributed by atoms with Crippen LogP contribution in [0.25, 0.3) is 0 Å². The molecule has 28 nitrogen and oxygen atoms in total. The first-order valence-corrected chi connectivity index (χ1v) is 32.0. The summed E-state index contributed by atoms with van der Waals surface area (Å²) < 4.78 is 59.9. The van der Waals surface area contributed by atoms with Gasteiger partial charge in [0.15, 0.2) is 31.5 Å². The SMILES string of the molecule is CC[C@H]1O[C@@H](O[C@H](CC[C@@H](C)C2CC[C@@]3(C)C4CC=C5C(CC[C@H](O[C@@H]6O[C@H](CO[C@@H]7O[C@H](CO)[C@@H](O)[C@H](O)[C@H]7O)[C@@H](O)[C@H](O)[C@H]6O)C5(C)C)[C@]4(C)[C@H](O)C[C@]23C)C(C)(C)O)[C@H](O[C@@H]2O[C@H](CO)[C@@H](O)[C@H](O[C@@H]3O[C@H](CO)[C@@H](O)[C@H](O)[C@H]3O)[C@H]2O)[C@@H](O)[C@@H]1O. The van der Waals surface area contributed by atoms with Crippen LogP contribution in [0.15, 0.2) is 11.6 Å². The van der Waals surface area contributed by atoms with Crippen molar-refractivity contribution in [3.8, 4) is 0 Å². The molecule has 18 N–H and O–H groups in total. The number of aliphatic hydroxyl groups excluding tert-OH is 17. The van der Waals surface area contributed by atoms with E-state index in [0.29, 0.717) is 32.1 Å². The van der Waals surface area contributed by atoms with Crippen LogP contribution < -0.4 is 0 Å². The van der Waals surface area contributed by atoms with E-state index in [4.69, 9.17) is 47.4 Å². The van der Waals surface area contributed by atoms with Crippen LogP contribution in [-0.2, 0) is 47.4 Å². The number of fused-ring (bicyclic) bond motifs is 5. The highest BCUT2D eigenvalue weighted by molar-refractivity contribution is 5.32. The maximum atomic E-state index is 12.8. The topological polar surface area (TPSA) is 456 Å². The lowest BCUT2D eigenvalue weighted by Crippen LogP contribution is -2.67. The lowest BCUT2D eigenvalue weighted by atomic mass is 9.38. The highest BCUT2D eigenvalue weighted by Gasteiger charge is 2.70. The van der Waals surface area contributed by atoms with Crippen molar-refractivity contribution < 1.29 is 139 Å². The van der Waals surface area contributed by atoms with E-state index in [1.807, 2.05) is 0 Å². The van der Waals surface area contributed by atoms with Gasteiger partial charge >= 0.3 is 0 Å². The molecule has 9 aliphatic rings. The smallest absolute Gasteiger partial charge is 0.187 e. The van der Waals surface area contributed by atoms with Gasteiger partial charge in [0.2, 0.25) is 0 Å². The highest BCUT2D eigenvalue weighted by atomic mass is 16.8. The van der Waals surface area contributed by atoms with Gasteiger partial charge < -0.3 is 139 Å². The molecule has 0 bridgehead atoms. The fourth-order valence-electron chi connectivity index (χ4n) is 17.3. The van der Waals surface area contributed by atoms with E-state index in [2.05, 4.69) is 47.6 Å². The molecule has 0 spiro atoms. The van der Waals surface area contributed by atoms with Gasteiger partial charge in [-0.25, -0.2) is 0 Å². The molecule has 0 aromatic rings. The second kappa shape index (κ2) is 27.6. The molecule has 5 saturated heterocycles. The van der Waals surface area contributed by atoms with Crippen LogP contribution in [0.5, 0.6) is 0 Å². The van der Waals surface area contributed by atoms with Crippen LogP contribution in [0.4, 0.5) is 0 Å². The molecule has 28 heteroatoms. The molecule has 3 saturated carbocycles. The number of allylic oxidation sites excluding steroid dienone is 1. The predicted molar refractivity (Wildman–Crippen MR) is 303 cm³/mol. The molecule has 516 valence electrons. The van der Waals surface area contributed by atoms with Crippen LogP contribution >= 0.6 is 0 Å². The van der Waals surface area contributed by atoms with Crippen molar-refractivity contribution >= 4 is 0 Å². The summed E-state index contributed by atoms with van der Waals surface area (Å²) in [4.78, 5) is 0. The van der Waals surface area contributed by atoms with Crippen LogP contribution in [0.1, 0.15) is 120 Å². The minimum atomic E-state index is -1.99. The van der Waals surface area contributed by atoms with Gasteiger partial charge in [0.05, 0.1) is 56.4 Å². The van der Waals surface area contributed by atoms with Gasteiger partial charge in [-0.3, -0.25) is 0 Å². The predicted octanol–water partition coefficient (Wildman–Crippen LogP) is -3.99. The van der Waals surface area contributed by atoms with E-state index in [9.17, 15) is 91.9 Å². The van der Waals surface area contributed by atoms with Crippen LogP contribution in [0, 0.1) is 45.3 Å². The molecule has 0 radical (unpaired) electrons. The van der Waals surface area contributed by atoms with Crippen molar-refractivity contribution in [3.63, 3.8) is 0 Å². The fourth-order valence-corrected chi connectivity index (χ4v) is 17.3. The Morgan fingerprint density at radius 3 is 1.61 bits per heavy atom. The van der Waals surface area contributed by atoms with Gasteiger partial charge in [-0.2, -0.15) is 0 Å². The lowest BCUT2D eigenvalue weighted by molar-refractivity contribution is -0.389. The summed E-state index contributed by atoms with van der Waals surface area (Å²) in [6, 6.07) is 0. The van der Waals surface area contributed by atoms with Gasteiger partial charge in [0.25, 0.3) is 0 Å². The molecule has 0 amide bonds. The van der Waals surface area contributed by atoms with Crippen LogP contribution in [0.3, 0.4) is 0 Å². The Balaban J connectivity index is 0.867. The maximum Gasteiger partial charge on any atom is 0.187 e. The fraction of sp³-hybridized carbons (Fsp3) is 0.967. The van der Waals surface area contributed by atoms with Crippen LogP contribution in [-0.4, -0.2) is 296 Å². The Morgan fingerprint density at radius 1 is 0.539 bits per heavy atom. The summed E-state index contributed by atoms with van der Waals surface area (Å²) in [6.07, 6.45) is -35.8. The Hall–Kier alpha value is -1.38. The van der Waals surface area contributed by atoms with E-state index in [0.717, 1.165) is 18.4 Å². The molecule has 4 aliphatic carbocycles. The van der Waals surface area contributed by atoms with Crippen LogP contribution in [0.2, 0.25) is 0 Å². The molecule has 3 unspecified atom stereocenters. The molecule has 35 atom stereocenters. The summed E-state index contributed by atoms with van der Waals surface area (Å²) in [5.41, 5.74) is -2.26. The number of hydrogen-bond donors (Lipinski definition) is 18. The van der Waals surface area contributed by atoms with Crippen molar-refractivity contribution in [1.82, 2.24) is 0 Å². The monoisotopic (exact) mass is 1280 g/mol. The second-order valence-corrected chi connectivity index (χ2v) is 28.9. The molecular weight excluding hydrogens is 1180 g/mol. The normalized spacial score (nSPS) is 51.8. The molecule has 0 aromatic carbocycles. The second-order valence-electron chi connectivity index (χ2n) is 28.9. The zero-order chi connectivity index (χ0) is 65.5. The molecule has 5 aliphatic heterocycles. The average molecular weight is 1290 g/mol. The van der Waals surface area contributed by atoms with E-state index in [1.165, 1.54) is 0 Å². The lowest BCUT2D eigenvalue weighted by Gasteiger charge is -2.67. The van der Waals surface area contributed by atoms with E-state index in [1.54, 1.807) is 20.8 Å². The first-order chi connectivity index (χ1) is 41.7. The summed E-state index contributed by atoms with van der Waals surface area (Å²) in [7, 11) is 0. The minimum absolute atomic E-state index is 0.0207. The van der Waals surface area contributed by atoms with Crippen molar-refractivity contribution in [2.75, 3.05) is 26.4 Å². The average Bonchev–Trinajstić information content (AvgIpc) is 1.66. The Labute approximate surface area is 518 Å². The molecular formula is C61H104O28. The van der Waals surface area contributed by atoms with Gasteiger partial charge in [-0.1, -0.05) is 60.1 Å². The van der Waals surface area contributed by atoms with Gasteiger partial charge in [-0.15, -0.1) is 0 Å². The minimum Gasteiger partial charge on any atom is -0.394 e. The summed E-state index contributed by atoms with van der Waals surface area (Å²) >= 11 is 0. The Kier molecular flexibility index (Phi) is 22.3. The zero-order valence-electron chi connectivity index (χ0n) is 52.4. The third-order valence-corrected chi connectivity index (χ3v) is 23.1. The highest BCUT2D eigenvalue weighted by Crippen LogP contribution is 2.75.